The van der Waals surface area contributed by atoms with E-state index < -0.39 is 12.0 Å². The van der Waals surface area contributed by atoms with E-state index in [4.69, 9.17) is 4.74 Å². The molecular weight excluding hydrogens is 285 g/mol. The summed E-state index contributed by atoms with van der Waals surface area (Å²) in [6.07, 6.45) is -4.62. The van der Waals surface area contributed by atoms with Gasteiger partial charge < -0.3 is 15.0 Å². The Kier molecular flexibility index (Phi) is 4.55. The molecule has 1 saturated heterocycles. The maximum absolute atomic E-state index is 12.9. The predicted molar refractivity (Wildman–Crippen MR) is 73.4 cm³/mol. The molecule has 1 fully saturated rings. The monoisotopic (exact) mass is 304 g/mol. The fraction of sp³-hybridized carbons (Fsp3) is 0.692. The zero-order chi connectivity index (χ0) is 15.6. The molecule has 2 atom stereocenters. The number of hydrogen-bond donors (Lipinski definition) is 1. The first-order chi connectivity index (χ1) is 9.81. The summed E-state index contributed by atoms with van der Waals surface area (Å²) in [5.74, 6) is -0.667. The smallest absolute Gasteiger partial charge is 0.375 e. The lowest BCUT2D eigenvalue weighted by molar-refractivity contribution is -0.144. The van der Waals surface area contributed by atoms with Gasteiger partial charge >= 0.3 is 6.18 Å². The Hall–Kier alpha value is -1.57. The van der Waals surface area contributed by atoms with E-state index in [0.29, 0.717) is 19.7 Å². The summed E-state index contributed by atoms with van der Waals surface area (Å²) in [6.45, 7) is 7.03. The molecule has 0 aliphatic carbocycles. The highest BCUT2D eigenvalue weighted by molar-refractivity contribution is 5.50. The van der Waals surface area contributed by atoms with Gasteiger partial charge in [0.25, 0.3) is 0 Å². The van der Waals surface area contributed by atoms with Crippen molar-refractivity contribution in [3.05, 3.63) is 11.9 Å². The fourth-order valence-electron chi connectivity index (χ4n) is 2.20. The summed E-state index contributed by atoms with van der Waals surface area (Å²) >= 11 is 0. The molecule has 2 unspecified atom stereocenters. The van der Waals surface area contributed by atoms with Gasteiger partial charge in [0.05, 0.1) is 18.8 Å². The third kappa shape index (κ3) is 3.75. The first-order valence-corrected chi connectivity index (χ1v) is 6.89. The first-order valence-electron chi connectivity index (χ1n) is 6.89. The summed E-state index contributed by atoms with van der Waals surface area (Å²) in [4.78, 5) is 9.04. The van der Waals surface area contributed by atoms with Crippen LogP contribution in [0.25, 0.3) is 0 Å². The quantitative estimate of drug-likeness (QED) is 0.930. The second-order valence-electron chi connectivity index (χ2n) is 5.11. The second kappa shape index (κ2) is 6.05. The molecule has 0 amide bonds. The largest absolute Gasteiger partial charge is 0.451 e. The average molecular weight is 304 g/mol. The number of rotatable bonds is 3. The van der Waals surface area contributed by atoms with Crippen LogP contribution in [0.15, 0.2) is 6.07 Å². The summed E-state index contributed by atoms with van der Waals surface area (Å²) in [7, 11) is 0. The lowest BCUT2D eigenvalue weighted by atomic mass is 10.2. The van der Waals surface area contributed by atoms with E-state index in [1.165, 1.54) is 0 Å². The van der Waals surface area contributed by atoms with Crippen LogP contribution in [0.2, 0.25) is 0 Å². The number of alkyl halides is 3. The van der Waals surface area contributed by atoms with Gasteiger partial charge in [-0.05, 0) is 20.8 Å². The van der Waals surface area contributed by atoms with E-state index in [1.807, 2.05) is 18.7 Å². The molecule has 0 saturated carbocycles. The van der Waals surface area contributed by atoms with E-state index >= 15 is 0 Å². The van der Waals surface area contributed by atoms with Crippen molar-refractivity contribution in [1.82, 2.24) is 9.97 Å². The van der Waals surface area contributed by atoms with Crippen molar-refractivity contribution in [3.63, 3.8) is 0 Å². The van der Waals surface area contributed by atoms with Crippen molar-refractivity contribution in [3.8, 4) is 0 Å². The van der Waals surface area contributed by atoms with Crippen molar-refractivity contribution in [1.29, 1.82) is 0 Å². The Balaban J connectivity index is 2.39. The molecule has 1 aromatic heterocycles. The Morgan fingerprint density at radius 3 is 2.71 bits per heavy atom. The third-order valence-electron chi connectivity index (χ3n) is 3.23. The topological polar surface area (TPSA) is 50.3 Å². The first kappa shape index (κ1) is 15.8. The third-order valence-corrected chi connectivity index (χ3v) is 3.23. The average Bonchev–Trinajstić information content (AvgIpc) is 2.40. The van der Waals surface area contributed by atoms with E-state index in [0.717, 1.165) is 0 Å². The molecule has 0 spiro atoms. The molecular formula is C13H19F3N4O. The van der Waals surface area contributed by atoms with Crippen LogP contribution in [0.3, 0.4) is 0 Å². The van der Waals surface area contributed by atoms with Crippen LogP contribution in [0.1, 0.15) is 26.6 Å². The van der Waals surface area contributed by atoms with Crippen LogP contribution in [0, 0.1) is 0 Å². The minimum atomic E-state index is -4.57. The lowest BCUT2D eigenvalue weighted by Crippen LogP contribution is -2.48. The van der Waals surface area contributed by atoms with E-state index in [1.54, 1.807) is 13.0 Å². The number of morpholine rings is 1. The Labute approximate surface area is 121 Å². The molecule has 1 aliphatic heterocycles. The van der Waals surface area contributed by atoms with Gasteiger partial charge in [-0.3, -0.25) is 0 Å². The fourth-order valence-corrected chi connectivity index (χ4v) is 2.20. The van der Waals surface area contributed by atoms with Crippen molar-refractivity contribution < 1.29 is 17.9 Å². The van der Waals surface area contributed by atoms with Crippen LogP contribution < -0.4 is 10.2 Å². The van der Waals surface area contributed by atoms with Crippen molar-refractivity contribution in [2.24, 2.45) is 0 Å². The number of nitrogens with zero attached hydrogens (tertiary/aromatic N) is 3. The van der Waals surface area contributed by atoms with Crippen molar-refractivity contribution in [2.45, 2.75) is 39.1 Å². The van der Waals surface area contributed by atoms with Crippen LogP contribution in [-0.2, 0) is 10.9 Å². The summed E-state index contributed by atoms with van der Waals surface area (Å²) in [5.41, 5.74) is 0. The molecule has 118 valence electrons. The van der Waals surface area contributed by atoms with E-state index in [9.17, 15) is 13.2 Å². The molecule has 21 heavy (non-hydrogen) atoms. The normalized spacial score (nSPS) is 23.2. The van der Waals surface area contributed by atoms with Gasteiger partial charge in [-0.15, -0.1) is 0 Å². The zero-order valence-electron chi connectivity index (χ0n) is 12.2. The number of anilines is 2. The minimum absolute atomic E-state index is 0.0355. The van der Waals surface area contributed by atoms with Gasteiger partial charge in [-0.25, -0.2) is 9.97 Å². The second-order valence-corrected chi connectivity index (χ2v) is 5.11. The van der Waals surface area contributed by atoms with Crippen LogP contribution in [0.4, 0.5) is 24.8 Å². The predicted octanol–water partition coefficient (Wildman–Crippen LogP) is 2.54. The maximum Gasteiger partial charge on any atom is 0.451 e. The number of nitrogens with one attached hydrogen (secondary N) is 1. The number of ether oxygens (including phenoxy) is 1. The van der Waals surface area contributed by atoms with Crippen LogP contribution >= 0.6 is 0 Å². The van der Waals surface area contributed by atoms with Crippen LogP contribution in [-0.4, -0.2) is 41.8 Å². The van der Waals surface area contributed by atoms with Gasteiger partial charge in [0.2, 0.25) is 5.82 Å². The Morgan fingerprint density at radius 1 is 1.38 bits per heavy atom. The van der Waals surface area contributed by atoms with Crippen molar-refractivity contribution in [2.75, 3.05) is 29.9 Å². The Bertz CT molecular complexity index is 495. The Morgan fingerprint density at radius 2 is 2.10 bits per heavy atom. The van der Waals surface area contributed by atoms with Gasteiger partial charge in [0, 0.05) is 19.2 Å². The maximum atomic E-state index is 12.9. The molecule has 0 radical (unpaired) electrons. The highest BCUT2D eigenvalue weighted by atomic mass is 19.4. The van der Waals surface area contributed by atoms with Gasteiger partial charge in [0.15, 0.2) is 0 Å². The van der Waals surface area contributed by atoms with Gasteiger partial charge in [-0.1, -0.05) is 0 Å². The van der Waals surface area contributed by atoms with Crippen molar-refractivity contribution >= 4 is 11.6 Å². The number of aromatic nitrogens is 2. The van der Waals surface area contributed by atoms with E-state index in [2.05, 4.69) is 15.3 Å². The molecule has 8 heteroatoms. The summed E-state index contributed by atoms with van der Waals surface area (Å²) in [6, 6.07) is 1.51. The molecule has 0 bridgehead atoms. The molecule has 0 aromatic carbocycles. The highest BCUT2D eigenvalue weighted by Crippen LogP contribution is 2.30. The molecule has 5 nitrogen and oxygen atoms in total. The minimum Gasteiger partial charge on any atom is -0.375 e. The lowest BCUT2D eigenvalue weighted by Gasteiger charge is -2.37. The number of halogens is 3. The van der Waals surface area contributed by atoms with Crippen LogP contribution in [0.5, 0.6) is 0 Å². The van der Waals surface area contributed by atoms with Gasteiger partial charge in [0.1, 0.15) is 11.6 Å². The summed E-state index contributed by atoms with van der Waals surface area (Å²) in [5, 5.41) is 2.82. The molecule has 2 rings (SSSR count). The molecule has 1 aliphatic rings. The molecule has 1 N–H and O–H groups in total. The number of hydrogen-bond acceptors (Lipinski definition) is 5. The van der Waals surface area contributed by atoms with E-state index in [-0.39, 0.29) is 23.8 Å². The molecule has 2 heterocycles. The highest BCUT2D eigenvalue weighted by Gasteiger charge is 2.36. The summed E-state index contributed by atoms with van der Waals surface area (Å²) < 4.78 is 44.3. The molecule has 1 aromatic rings. The van der Waals surface area contributed by atoms with Gasteiger partial charge in [-0.2, -0.15) is 13.2 Å². The zero-order valence-corrected chi connectivity index (χ0v) is 12.2. The standard InChI is InChI=1S/C13H19F3N4O/c1-4-17-10-5-11(19-12(18-10)13(14,15)16)20-6-9(3)21-7-8(20)2/h5,8-9H,4,6-7H2,1-3H3,(H,17,18,19). The SMILES string of the molecule is CCNc1cc(N2CC(C)OCC2C)nc(C(F)(F)F)n1.